The van der Waals surface area contributed by atoms with Gasteiger partial charge in [-0.25, -0.2) is 9.31 Å². The number of nitrogens with zero attached hydrogens (tertiary/aromatic N) is 2. The Kier molecular flexibility index (Phi) is 1.96. The van der Waals surface area contributed by atoms with Crippen molar-refractivity contribution in [2.45, 2.75) is 6.92 Å². The fourth-order valence-corrected chi connectivity index (χ4v) is 1.39. The van der Waals surface area contributed by atoms with E-state index in [0.717, 1.165) is 11.1 Å². The van der Waals surface area contributed by atoms with Gasteiger partial charge in [-0.05, 0) is 24.6 Å². The smallest absolute Gasteiger partial charge is 0.338 e. The maximum absolute atomic E-state index is 11.3. The molecular weight excluding hydrogens is 180 g/mol. The summed E-state index contributed by atoms with van der Waals surface area (Å²) in [5, 5.41) is 4.07. The molecule has 4 heteroatoms. The normalized spacial score (nSPS) is 10.4. The summed E-state index contributed by atoms with van der Waals surface area (Å²) in [6.07, 6.45) is 3.50. The molecule has 2 rings (SSSR count). The Morgan fingerprint density at radius 1 is 1.57 bits per heavy atom. The summed E-state index contributed by atoms with van der Waals surface area (Å²) in [4.78, 5) is 11.3. The van der Waals surface area contributed by atoms with Gasteiger partial charge in [0.05, 0.1) is 18.2 Å². The molecule has 0 N–H and O–H groups in total. The molecule has 2 aromatic heterocycles. The van der Waals surface area contributed by atoms with E-state index < -0.39 is 0 Å². The van der Waals surface area contributed by atoms with Crippen LogP contribution in [0, 0.1) is 6.92 Å². The van der Waals surface area contributed by atoms with Gasteiger partial charge in [0.2, 0.25) is 0 Å². The van der Waals surface area contributed by atoms with Crippen LogP contribution in [-0.2, 0) is 4.74 Å². The topological polar surface area (TPSA) is 43.6 Å². The monoisotopic (exact) mass is 190 g/mol. The minimum atomic E-state index is -0.314. The number of carbonyl (C=O) groups excluding carboxylic acids is 1. The van der Waals surface area contributed by atoms with Crippen LogP contribution in [0.5, 0.6) is 0 Å². The molecule has 0 amide bonds. The average Bonchev–Trinajstić information content (AvgIpc) is 2.62. The fraction of sp³-hybridized carbons (Fsp3) is 0.200. The molecule has 4 nitrogen and oxygen atoms in total. The van der Waals surface area contributed by atoms with Crippen LogP contribution in [0.2, 0.25) is 0 Å². The Labute approximate surface area is 81.1 Å². The Bertz CT molecular complexity index is 488. The summed E-state index contributed by atoms with van der Waals surface area (Å²) in [5.74, 6) is -0.314. The molecule has 0 saturated carbocycles. The van der Waals surface area contributed by atoms with Gasteiger partial charge in [-0.15, -0.1) is 0 Å². The predicted molar refractivity (Wildman–Crippen MR) is 51.3 cm³/mol. The zero-order chi connectivity index (χ0) is 10.1. The van der Waals surface area contributed by atoms with E-state index in [-0.39, 0.29) is 5.97 Å². The summed E-state index contributed by atoms with van der Waals surface area (Å²) in [7, 11) is 1.38. The first-order valence-corrected chi connectivity index (χ1v) is 4.24. The van der Waals surface area contributed by atoms with Crippen molar-refractivity contribution in [1.29, 1.82) is 0 Å². The molecule has 0 saturated heterocycles. The number of fused-ring (bicyclic) bond motifs is 1. The van der Waals surface area contributed by atoms with E-state index in [4.69, 9.17) is 0 Å². The summed E-state index contributed by atoms with van der Waals surface area (Å²) >= 11 is 0. The van der Waals surface area contributed by atoms with E-state index in [1.54, 1.807) is 16.8 Å². The van der Waals surface area contributed by atoms with Gasteiger partial charge >= 0.3 is 5.97 Å². The summed E-state index contributed by atoms with van der Waals surface area (Å²) < 4.78 is 6.40. The molecule has 0 atom stereocenters. The van der Waals surface area contributed by atoms with Crippen LogP contribution < -0.4 is 0 Å². The number of methoxy groups -OCH3 is 1. The van der Waals surface area contributed by atoms with E-state index in [1.165, 1.54) is 7.11 Å². The number of aromatic nitrogens is 2. The number of esters is 1. The van der Waals surface area contributed by atoms with E-state index in [2.05, 4.69) is 9.84 Å². The molecule has 0 unspecified atom stereocenters. The van der Waals surface area contributed by atoms with Crippen molar-refractivity contribution in [3.63, 3.8) is 0 Å². The average molecular weight is 190 g/mol. The maximum atomic E-state index is 11.3. The molecular formula is C10H10N2O2. The third kappa shape index (κ3) is 1.25. The van der Waals surface area contributed by atoms with Gasteiger partial charge < -0.3 is 4.74 Å². The van der Waals surface area contributed by atoms with Crippen molar-refractivity contribution in [3.8, 4) is 0 Å². The summed E-state index contributed by atoms with van der Waals surface area (Å²) in [5.41, 5.74) is 2.32. The largest absolute Gasteiger partial charge is 0.465 e. The standard InChI is InChI=1S/C10H10N2O2/c1-7-6-12-8(3-4-11-12)5-9(7)10(13)14-2/h3-6H,1-2H3. The second-order valence-electron chi connectivity index (χ2n) is 3.06. The molecule has 2 aromatic rings. The molecule has 0 fully saturated rings. The molecule has 0 aliphatic rings. The maximum Gasteiger partial charge on any atom is 0.338 e. The van der Waals surface area contributed by atoms with Crippen LogP contribution in [0.1, 0.15) is 15.9 Å². The first-order chi connectivity index (χ1) is 6.72. The SMILES string of the molecule is COC(=O)c1cc2ccnn2cc1C. The second-order valence-corrected chi connectivity index (χ2v) is 3.06. The Morgan fingerprint density at radius 3 is 3.07 bits per heavy atom. The summed E-state index contributed by atoms with van der Waals surface area (Å²) in [6, 6.07) is 3.61. The van der Waals surface area contributed by atoms with E-state index in [9.17, 15) is 4.79 Å². The number of pyridine rings is 1. The van der Waals surface area contributed by atoms with Crippen molar-refractivity contribution >= 4 is 11.5 Å². The van der Waals surface area contributed by atoms with Crippen LogP contribution in [0.4, 0.5) is 0 Å². The van der Waals surface area contributed by atoms with Crippen LogP contribution >= 0.6 is 0 Å². The van der Waals surface area contributed by atoms with Crippen LogP contribution in [0.25, 0.3) is 5.52 Å². The van der Waals surface area contributed by atoms with E-state index in [1.807, 2.05) is 19.2 Å². The molecule has 0 bridgehead atoms. The minimum Gasteiger partial charge on any atom is -0.465 e. The Balaban J connectivity index is 2.64. The van der Waals surface area contributed by atoms with Gasteiger partial charge in [0, 0.05) is 12.4 Å². The molecule has 14 heavy (non-hydrogen) atoms. The number of ether oxygens (including phenoxy) is 1. The lowest BCUT2D eigenvalue weighted by molar-refractivity contribution is 0.0600. The van der Waals surface area contributed by atoms with Gasteiger partial charge in [-0.3, -0.25) is 0 Å². The minimum absolute atomic E-state index is 0.314. The zero-order valence-corrected chi connectivity index (χ0v) is 8.02. The highest BCUT2D eigenvalue weighted by Crippen LogP contribution is 2.12. The molecule has 72 valence electrons. The van der Waals surface area contributed by atoms with Crippen LogP contribution in [0.15, 0.2) is 24.5 Å². The van der Waals surface area contributed by atoms with E-state index >= 15 is 0 Å². The lowest BCUT2D eigenvalue weighted by Gasteiger charge is -2.04. The van der Waals surface area contributed by atoms with Gasteiger partial charge in [-0.2, -0.15) is 5.10 Å². The first-order valence-electron chi connectivity index (χ1n) is 4.24. The summed E-state index contributed by atoms with van der Waals surface area (Å²) in [6.45, 7) is 1.85. The number of hydrogen-bond acceptors (Lipinski definition) is 3. The first kappa shape index (κ1) is 8.74. The lowest BCUT2D eigenvalue weighted by Crippen LogP contribution is -2.05. The number of rotatable bonds is 1. The number of aryl methyl sites for hydroxylation is 1. The van der Waals surface area contributed by atoms with Crippen molar-refractivity contribution in [2.24, 2.45) is 0 Å². The molecule has 0 spiro atoms. The van der Waals surface area contributed by atoms with E-state index in [0.29, 0.717) is 5.56 Å². The highest BCUT2D eigenvalue weighted by Gasteiger charge is 2.10. The van der Waals surface area contributed by atoms with Gasteiger partial charge in [0.25, 0.3) is 0 Å². The van der Waals surface area contributed by atoms with Crippen molar-refractivity contribution in [3.05, 3.63) is 35.7 Å². The highest BCUT2D eigenvalue weighted by atomic mass is 16.5. The van der Waals surface area contributed by atoms with Crippen molar-refractivity contribution < 1.29 is 9.53 Å². The van der Waals surface area contributed by atoms with Crippen LogP contribution in [0.3, 0.4) is 0 Å². The van der Waals surface area contributed by atoms with Crippen molar-refractivity contribution in [2.75, 3.05) is 7.11 Å². The fourth-order valence-electron chi connectivity index (χ4n) is 1.39. The number of hydrogen-bond donors (Lipinski definition) is 0. The second kappa shape index (κ2) is 3.14. The Hall–Kier alpha value is -1.84. The molecule has 0 aliphatic heterocycles. The zero-order valence-electron chi connectivity index (χ0n) is 8.02. The predicted octanol–water partition coefficient (Wildman–Crippen LogP) is 1.43. The Morgan fingerprint density at radius 2 is 2.36 bits per heavy atom. The van der Waals surface area contributed by atoms with Crippen LogP contribution in [-0.4, -0.2) is 22.7 Å². The third-order valence-corrected chi connectivity index (χ3v) is 2.14. The van der Waals surface area contributed by atoms with Gasteiger partial charge in [-0.1, -0.05) is 0 Å². The quantitative estimate of drug-likeness (QED) is 0.639. The van der Waals surface area contributed by atoms with Gasteiger partial charge in [0.1, 0.15) is 0 Å². The molecule has 2 heterocycles. The molecule has 0 radical (unpaired) electrons. The third-order valence-electron chi connectivity index (χ3n) is 2.14. The van der Waals surface area contributed by atoms with Crippen molar-refractivity contribution in [1.82, 2.24) is 9.61 Å². The highest BCUT2D eigenvalue weighted by molar-refractivity contribution is 5.92. The van der Waals surface area contributed by atoms with Gasteiger partial charge in [0.15, 0.2) is 0 Å². The number of carbonyl (C=O) groups is 1. The molecule has 0 aliphatic carbocycles. The molecule has 0 aromatic carbocycles. The lowest BCUT2D eigenvalue weighted by atomic mass is 10.1.